The molecule has 27 heavy (non-hydrogen) atoms. The first kappa shape index (κ1) is 18.2. The third-order valence-electron chi connectivity index (χ3n) is 4.73. The summed E-state index contributed by atoms with van der Waals surface area (Å²) in [6.45, 7) is 1.17. The van der Waals surface area contributed by atoms with Gasteiger partial charge in [0.25, 0.3) is 5.19 Å². The van der Waals surface area contributed by atoms with Crippen LogP contribution in [0, 0.1) is 5.82 Å². The van der Waals surface area contributed by atoms with Crippen LogP contribution in [-0.2, 0) is 11.2 Å². The molecule has 1 aromatic heterocycles. The van der Waals surface area contributed by atoms with Crippen LogP contribution in [0.15, 0.2) is 42.5 Å². The fourth-order valence-electron chi connectivity index (χ4n) is 3.23. The minimum absolute atomic E-state index is 0.0189. The van der Waals surface area contributed by atoms with E-state index in [2.05, 4.69) is 4.98 Å². The Morgan fingerprint density at radius 3 is 2.74 bits per heavy atom. The van der Waals surface area contributed by atoms with Gasteiger partial charge >= 0.3 is 0 Å². The summed E-state index contributed by atoms with van der Waals surface area (Å²) >= 11 is 7.56. The van der Waals surface area contributed by atoms with Crippen molar-refractivity contribution in [1.29, 1.82) is 0 Å². The van der Waals surface area contributed by atoms with Crippen LogP contribution < -0.4 is 4.74 Å². The highest BCUT2D eigenvalue weighted by atomic mass is 35.5. The number of nitrogens with zero attached hydrogens (tertiary/aromatic N) is 2. The van der Waals surface area contributed by atoms with Gasteiger partial charge in [0.1, 0.15) is 11.9 Å². The molecular formula is C20H18ClFN2O2S. The second-order valence-electron chi connectivity index (χ2n) is 6.52. The maximum atomic E-state index is 13.9. The number of ether oxygens (including phenoxy) is 1. The molecule has 4 nitrogen and oxygen atoms in total. The van der Waals surface area contributed by atoms with Crippen molar-refractivity contribution in [2.45, 2.75) is 25.4 Å². The summed E-state index contributed by atoms with van der Waals surface area (Å²) in [5, 5.41) is 0.955. The Hall–Kier alpha value is -2.18. The molecule has 1 fully saturated rings. The predicted octanol–water partition coefficient (Wildman–Crippen LogP) is 4.70. The van der Waals surface area contributed by atoms with Crippen molar-refractivity contribution in [3.05, 3.63) is 58.9 Å². The third kappa shape index (κ3) is 4.06. The summed E-state index contributed by atoms with van der Waals surface area (Å²) in [7, 11) is 0. The molecule has 7 heteroatoms. The Morgan fingerprint density at radius 1 is 1.22 bits per heavy atom. The molecule has 3 aromatic rings. The molecular weight excluding hydrogens is 387 g/mol. The summed E-state index contributed by atoms with van der Waals surface area (Å²) in [5.41, 5.74) is 1.20. The van der Waals surface area contributed by atoms with Gasteiger partial charge in [0, 0.05) is 36.5 Å². The normalized spacial score (nSPS) is 15.3. The molecule has 0 aliphatic carbocycles. The van der Waals surface area contributed by atoms with E-state index in [4.69, 9.17) is 16.3 Å². The van der Waals surface area contributed by atoms with Crippen molar-refractivity contribution < 1.29 is 13.9 Å². The smallest absolute Gasteiger partial charge is 0.274 e. The van der Waals surface area contributed by atoms with Gasteiger partial charge in [-0.15, -0.1) is 0 Å². The zero-order valence-electron chi connectivity index (χ0n) is 14.5. The highest BCUT2D eigenvalue weighted by molar-refractivity contribution is 7.20. The van der Waals surface area contributed by atoms with Crippen LogP contribution in [0.3, 0.4) is 0 Å². The lowest BCUT2D eigenvalue weighted by atomic mass is 10.1. The Kier molecular flexibility index (Phi) is 5.27. The van der Waals surface area contributed by atoms with Gasteiger partial charge in [0.2, 0.25) is 5.91 Å². The van der Waals surface area contributed by atoms with E-state index in [1.807, 2.05) is 24.3 Å². The molecule has 1 saturated heterocycles. The SMILES string of the molecule is O=C(Cc1c(F)cccc1Cl)N1CCC(Oc2nc3ccccc3s2)CC1. The number of carbonyl (C=O) groups excluding carboxylic acids is 1. The van der Waals surface area contributed by atoms with E-state index in [9.17, 15) is 9.18 Å². The van der Waals surface area contributed by atoms with Crippen LogP contribution >= 0.6 is 22.9 Å². The predicted molar refractivity (Wildman–Crippen MR) is 105 cm³/mol. The van der Waals surface area contributed by atoms with Gasteiger partial charge in [-0.25, -0.2) is 9.37 Å². The number of likely N-dealkylation sites (tertiary alicyclic amines) is 1. The monoisotopic (exact) mass is 404 g/mol. The fraction of sp³-hybridized carbons (Fsp3) is 0.300. The van der Waals surface area contributed by atoms with E-state index in [0.29, 0.717) is 18.3 Å². The minimum atomic E-state index is -0.440. The Bertz CT molecular complexity index is 916. The number of hydrogen-bond acceptors (Lipinski definition) is 4. The first-order chi connectivity index (χ1) is 13.1. The van der Waals surface area contributed by atoms with Crippen molar-refractivity contribution in [3.8, 4) is 5.19 Å². The van der Waals surface area contributed by atoms with E-state index in [0.717, 1.165) is 23.1 Å². The number of para-hydroxylation sites is 1. The lowest BCUT2D eigenvalue weighted by Gasteiger charge is -2.31. The van der Waals surface area contributed by atoms with Crippen LogP contribution in [0.1, 0.15) is 18.4 Å². The number of aromatic nitrogens is 1. The van der Waals surface area contributed by atoms with E-state index in [1.165, 1.54) is 23.5 Å². The Labute approximate surface area is 165 Å². The molecule has 1 aliphatic rings. The van der Waals surface area contributed by atoms with Gasteiger partial charge in [0.05, 0.1) is 16.6 Å². The molecule has 0 radical (unpaired) electrons. The van der Waals surface area contributed by atoms with Gasteiger partial charge in [0.15, 0.2) is 0 Å². The highest BCUT2D eigenvalue weighted by Crippen LogP contribution is 2.29. The number of piperidine rings is 1. The van der Waals surface area contributed by atoms with Gasteiger partial charge in [-0.05, 0) is 24.3 Å². The standard InChI is InChI=1S/C20H18ClFN2O2S/c21-15-4-3-5-16(22)14(15)12-19(25)24-10-8-13(9-11-24)26-20-23-17-6-1-2-7-18(17)27-20/h1-7,13H,8-12H2. The first-order valence-corrected chi connectivity index (χ1v) is 10.0. The van der Waals surface area contributed by atoms with E-state index in [1.54, 1.807) is 11.0 Å². The molecule has 0 atom stereocenters. The van der Waals surface area contributed by atoms with Crippen LogP contribution in [-0.4, -0.2) is 35.0 Å². The quantitative estimate of drug-likeness (QED) is 0.632. The zero-order chi connectivity index (χ0) is 18.8. The molecule has 1 aliphatic heterocycles. The number of thiazole rings is 1. The van der Waals surface area contributed by atoms with E-state index >= 15 is 0 Å². The summed E-state index contributed by atoms with van der Waals surface area (Å²) < 4.78 is 21.0. The van der Waals surface area contributed by atoms with Gasteiger partial charge < -0.3 is 9.64 Å². The minimum Gasteiger partial charge on any atom is -0.467 e. The molecule has 0 unspecified atom stereocenters. The van der Waals surface area contributed by atoms with Crippen LogP contribution in [0.2, 0.25) is 5.02 Å². The average molecular weight is 405 g/mol. The molecule has 0 N–H and O–H groups in total. The number of carbonyl (C=O) groups is 1. The maximum absolute atomic E-state index is 13.9. The van der Waals surface area contributed by atoms with Crippen LogP contribution in [0.4, 0.5) is 4.39 Å². The number of benzene rings is 2. The van der Waals surface area contributed by atoms with Crippen molar-refractivity contribution in [1.82, 2.24) is 9.88 Å². The molecule has 4 rings (SSSR count). The summed E-state index contributed by atoms with van der Waals surface area (Å²) in [4.78, 5) is 18.8. The maximum Gasteiger partial charge on any atom is 0.274 e. The van der Waals surface area contributed by atoms with Gasteiger partial charge in [-0.3, -0.25) is 4.79 Å². The summed E-state index contributed by atoms with van der Waals surface area (Å²) in [6, 6.07) is 12.4. The fourth-order valence-corrected chi connectivity index (χ4v) is 4.34. The van der Waals surface area contributed by atoms with Crippen LogP contribution in [0.25, 0.3) is 10.2 Å². The molecule has 0 spiro atoms. The van der Waals surface area contributed by atoms with Crippen molar-refractivity contribution >= 4 is 39.1 Å². The number of halogens is 2. The number of fused-ring (bicyclic) bond motifs is 1. The number of rotatable bonds is 4. The molecule has 0 saturated carbocycles. The van der Waals surface area contributed by atoms with E-state index in [-0.39, 0.29) is 29.0 Å². The van der Waals surface area contributed by atoms with Crippen molar-refractivity contribution in [2.24, 2.45) is 0 Å². The lowest BCUT2D eigenvalue weighted by molar-refractivity contribution is -0.132. The average Bonchev–Trinajstić information content (AvgIpc) is 3.07. The molecule has 140 valence electrons. The van der Waals surface area contributed by atoms with E-state index < -0.39 is 5.82 Å². The highest BCUT2D eigenvalue weighted by Gasteiger charge is 2.25. The summed E-state index contributed by atoms with van der Waals surface area (Å²) in [6.07, 6.45) is 1.47. The second kappa shape index (κ2) is 7.82. The lowest BCUT2D eigenvalue weighted by Crippen LogP contribution is -2.42. The Balaban J connectivity index is 1.33. The van der Waals surface area contributed by atoms with Crippen molar-refractivity contribution in [2.75, 3.05) is 13.1 Å². The Morgan fingerprint density at radius 2 is 2.00 bits per heavy atom. The third-order valence-corrected chi connectivity index (χ3v) is 6.01. The molecule has 2 aromatic carbocycles. The van der Waals surface area contributed by atoms with Gasteiger partial charge in [-0.1, -0.05) is 41.1 Å². The zero-order valence-corrected chi connectivity index (χ0v) is 16.1. The number of hydrogen-bond donors (Lipinski definition) is 0. The molecule has 2 heterocycles. The summed E-state index contributed by atoms with van der Waals surface area (Å²) in [5.74, 6) is -0.551. The second-order valence-corrected chi connectivity index (χ2v) is 7.92. The largest absolute Gasteiger partial charge is 0.467 e. The van der Waals surface area contributed by atoms with Crippen LogP contribution in [0.5, 0.6) is 5.19 Å². The van der Waals surface area contributed by atoms with Crippen molar-refractivity contribution in [3.63, 3.8) is 0 Å². The molecule has 0 bridgehead atoms. The number of amides is 1. The molecule has 1 amide bonds. The first-order valence-electron chi connectivity index (χ1n) is 8.83. The topological polar surface area (TPSA) is 42.4 Å². The van der Waals surface area contributed by atoms with Gasteiger partial charge in [-0.2, -0.15) is 0 Å².